The number of sulfone groups is 1. The minimum atomic E-state index is -2.88. The molecule has 0 radical (unpaired) electrons. The fraction of sp³-hybridized carbons (Fsp3) is 0.875. The fourth-order valence-corrected chi connectivity index (χ4v) is 4.04. The Morgan fingerprint density at radius 1 is 1.30 bits per heavy atom. The Morgan fingerprint density at radius 2 is 1.95 bits per heavy atom. The van der Waals surface area contributed by atoms with Gasteiger partial charge in [-0.05, 0) is 65.8 Å². The van der Waals surface area contributed by atoms with Crippen molar-refractivity contribution in [3.05, 3.63) is 11.6 Å². The van der Waals surface area contributed by atoms with Crippen molar-refractivity contribution in [2.45, 2.75) is 70.6 Å². The van der Waals surface area contributed by atoms with Crippen molar-refractivity contribution < 1.29 is 8.42 Å². The third-order valence-corrected chi connectivity index (χ3v) is 5.78. The lowest BCUT2D eigenvalue weighted by Gasteiger charge is -2.29. The normalized spacial score (nSPS) is 25.8. The van der Waals surface area contributed by atoms with Gasteiger partial charge in [0.05, 0.1) is 5.25 Å². The average Bonchev–Trinajstić information content (AvgIpc) is 2.32. The molecule has 0 heterocycles. The lowest BCUT2D eigenvalue weighted by molar-refractivity contribution is 0.397. The predicted molar refractivity (Wildman–Crippen MR) is 86.7 cm³/mol. The first kappa shape index (κ1) is 17.7. The monoisotopic (exact) mass is 301 g/mol. The quantitative estimate of drug-likeness (QED) is 0.626. The maximum Gasteiger partial charge on any atom is 0.150 e. The molecule has 0 aliphatic heterocycles. The lowest BCUT2D eigenvalue weighted by Crippen LogP contribution is -2.36. The van der Waals surface area contributed by atoms with Gasteiger partial charge in [0.15, 0.2) is 0 Å². The topological polar surface area (TPSA) is 46.2 Å². The first-order valence-corrected chi connectivity index (χ1v) is 9.65. The van der Waals surface area contributed by atoms with Crippen LogP contribution < -0.4 is 5.32 Å². The predicted octanol–water partition coefficient (Wildman–Crippen LogP) is 3.31. The Labute approximate surface area is 125 Å². The smallest absolute Gasteiger partial charge is 0.150 e. The van der Waals surface area contributed by atoms with Crippen molar-refractivity contribution in [1.82, 2.24) is 5.32 Å². The summed E-state index contributed by atoms with van der Waals surface area (Å²) in [5.74, 6) is 0.457. The summed E-state index contributed by atoms with van der Waals surface area (Å²) in [5, 5.41) is 3.35. The number of hydrogen-bond acceptors (Lipinski definition) is 3. The minimum Gasteiger partial charge on any atom is -0.312 e. The standard InChI is InChI=1S/C16H31NO2S/c1-13(8-7-11-17-16(2,3)4)14-9-6-10-15(12-14)20(5,18)19/h8,14-15,17H,6-7,9-12H2,1-5H3. The largest absolute Gasteiger partial charge is 0.312 e. The van der Waals surface area contributed by atoms with Crippen LogP contribution in [0.3, 0.4) is 0 Å². The van der Waals surface area contributed by atoms with Crippen LogP contribution in [0.25, 0.3) is 0 Å². The molecular weight excluding hydrogens is 270 g/mol. The summed E-state index contributed by atoms with van der Waals surface area (Å²) in [6.45, 7) is 9.64. The van der Waals surface area contributed by atoms with Gasteiger partial charge in [-0.15, -0.1) is 0 Å². The van der Waals surface area contributed by atoms with Crippen molar-refractivity contribution in [3.63, 3.8) is 0 Å². The van der Waals surface area contributed by atoms with E-state index in [0.29, 0.717) is 5.92 Å². The van der Waals surface area contributed by atoms with E-state index >= 15 is 0 Å². The van der Waals surface area contributed by atoms with Crippen LogP contribution in [-0.4, -0.2) is 32.0 Å². The Hall–Kier alpha value is -0.350. The van der Waals surface area contributed by atoms with Gasteiger partial charge in [0, 0.05) is 11.8 Å². The van der Waals surface area contributed by atoms with E-state index in [9.17, 15) is 8.42 Å². The Morgan fingerprint density at radius 3 is 2.50 bits per heavy atom. The molecule has 1 N–H and O–H groups in total. The number of allylic oxidation sites excluding steroid dienone is 1. The zero-order chi connectivity index (χ0) is 15.4. The number of hydrogen-bond donors (Lipinski definition) is 1. The van der Waals surface area contributed by atoms with Crippen molar-refractivity contribution >= 4 is 9.84 Å². The summed E-state index contributed by atoms with van der Waals surface area (Å²) in [6.07, 6.45) is 8.51. The van der Waals surface area contributed by atoms with E-state index < -0.39 is 9.84 Å². The van der Waals surface area contributed by atoms with E-state index in [4.69, 9.17) is 0 Å². The highest BCUT2D eigenvalue weighted by Crippen LogP contribution is 2.33. The van der Waals surface area contributed by atoms with E-state index in [-0.39, 0.29) is 10.8 Å². The van der Waals surface area contributed by atoms with Crippen LogP contribution in [0.1, 0.15) is 59.8 Å². The van der Waals surface area contributed by atoms with Gasteiger partial charge in [-0.2, -0.15) is 0 Å². The first-order valence-electron chi connectivity index (χ1n) is 7.70. The molecule has 0 spiro atoms. The highest BCUT2D eigenvalue weighted by Gasteiger charge is 2.29. The summed E-state index contributed by atoms with van der Waals surface area (Å²) in [6, 6.07) is 0. The molecule has 4 heteroatoms. The molecule has 118 valence electrons. The number of nitrogens with one attached hydrogen (secondary N) is 1. The van der Waals surface area contributed by atoms with Crippen LogP contribution in [0, 0.1) is 5.92 Å². The maximum absolute atomic E-state index is 11.7. The van der Waals surface area contributed by atoms with Crippen molar-refractivity contribution in [1.29, 1.82) is 0 Å². The van der Waals surface area contributed by atoms with Gasteiger partial charge >= 0.3 is 0 Å². The second-order valence-electron chi connectivity index (χ2n) is 7.23. The highest BCUT2D eigenvalue weighted by molar-refractivity contribution is 7.91. The SMILES string of the molecule is CC(=CCCNC(C)(C)C)C1CCCC(S(C)(=O)=O)C1. The van der Waals surface area contributed by atoms with Gasteiger partial charge in [-0.25, -0.2) is 8.42 Å². The molecule has 0 amide bonds. The summed E-state index contributed by atoms with van der Waals surface area (Å²) in [4.78, 5) is 0. The molecule has 1 rings (SSSR count). The Bertz CT molecular complexity index is 432. The van der Waals surface area contributed by atoms with E-state index in [1.165, 1.54) is 11.8 Å². The lowest BCUT2D eigenvalue weighted by atomic mass is 9.83. The average molecular weight is 301 g/mol. The zero-order valence-corrected chi connectivity index (χ0v) is 14.5. The van der Waals surface area contributed by atoms with Gasteiger partial charge in [-0.1, -0.05) is 18.1 Å². The summed E-state index contributed by atoms with van der Waals surface area (Å²) in [5.41, 5.74) is 1.53. The molecule has 1 fully saturated rings. The zero-order valence-electron chi connectivity index (χ0n) is 13.7. The van der Waals surface area contributed by atoms with Crippen LogP contribution in [0.15, 0.2) is 11.6 Å². The number of rotatable bonds is 5. The molecule has 1 aliphatic rings. The van der Waals surface area contributed by atoms with Crippen molar-refractivity contribution in [3.8, 4) is 0 Å². The van der Waals surface area contributed by atoms with E-state index in [2.05, 4.69) is 39.1 Å². The molecular formula is C16H31NO2S. The molecule has 2 atom stereocenters. The van der Waals surface area contributed by atoms with E-state index in [1.807, 2.05) is 0 Å². The van der Waals surface area contributed by atoms with Crippen LogP contribution >= 0.6 is 0 Å². The molecule has 3 nitrogen and oxygen atoms in total. The minimum absolute atomic E-state index is 0.127. The Kier molecular flexibility index (Phi) is 6.26. The third kappa shape index (κ3) is 6.40. The van der Waals surface area contributed by atoms with E-state index in [0.717, 1.165) is 38.6 Å². The first-order chi connectivity index (χ1) is 9.09. The molecule has 1 saturated carbocycles. The molecule has 0 aromatic carbocycles. The summed E-state index contributed by atoms with van der Waals surface area (Å²) in [7, 11) is -2.88. The van der Waals surface area contributed by atoms with Crippen LogP contribution in [0.2, 0.25) is 0 Å². The maximum atomic E-state index is 11.7. The van der Waals surface area contributed by atoms with Crippen LogP contribution in [0.4, 0.5) is 0 Å². The molecule has 0 saturated heterocycles. The van der Waals surface area contributed by atoms with Crippen LogP contribution in [0.5, 0.6) is 0 Å². The van der Waals surface area contributed by atoms with Gasteiger partial charge in [0.2, 0.25) is 0 Å². The molecule has 1 aliphatic carbocycles. The van der Waals surface area contributed by atoms with Crippen molar-refractivity contribution in [2.24, 2.45) is 5.92 Å². The molecule has 0 aromatic heterocycles. The Balaban J connectivity index is 2.48. The molecule has 0 bridgehead atoms. The van der Waals surface area contributed by atoms with Gasteiger partial charge < -0.3 is 5.32 Å². The van der Waals surface area contributed by atoms with Crippen LogP contribution in [-0.2, 0) is 9.84 Å². The summed E-state index contributed by atoms with van der Waals surface area (Å²) < 4.78 is 23.4. The second-order valence-corrected chi connectivity index (χ2v) is 9.55. The van der Waals surface area contributed by atoms with Gasteiger partial charge in [-0.3, -0.25) is 0 Å². The molecule has 2 unspecified atom stereocenters. The second kappa shape index (κ2) is 7.08. The fourth-order valence-electron chi connectivity index (χ4n) is 2.86. The van der Waals surface area contributed by atoms with Gasteiger partial charge in [0.1, 0.15) is 9.84 Å². The van der Waals surface area contributed by atoms with Gasteiger partial charge in [0.25, 0.3) is 0 Å². The highest BCUT2D eigenvalue weighted by atomic mass is 32.2. The third-order valence-electron chi connectivity index (χ3n) is 4.14. The summed E-state index contributed by atoms with van der Waals surface area (Å²) >= 11 is 0. The van der Waals surface area contributed by atoms with E-state index in [1.54, 1.807) is 0 Å². The molecule has 20 heavy (non-hydrogen) atoms. The molecule has 0 aromatic rings. The van der Waals surface area contributed by atoms with Crippen molar-refractivity contribution in [2.75, 3.05) is 12.8 Å².